The number of carbonyl (C=O) groups is 1. The SMILES string of the molecule is CCCCOCCn1cc(C(=O)O)nn1. The molecule has 0 aliphatic carbocycles. The lowest BCUT2D eigenvalue weighted by atomic mass is 10.4. The normalized spacial score (nSPS) is 10.5. The fraction of sp³-hybridized carbons (Fsp3) is 0.667. The van der Waals surface area contributed by atoms with Crippen LogP contribution in [0.1, 0.15) is 30.3 Å². The second-order valence-electron chi connectivity index (χ2n) is 3.14. The third kappa shape index (κ3) is 4.07. The number of carboxylic acids is 1. The smallest absolute Gasteiger partial charge is 0.358 e. The molecule has 0 atom stereocenters. The fourth-order valence-electron chi connectivity index (χ4n) is 1.01. The maximum Gasteiger partial charge on any atom is 0.358 e. The van der Waals surface area contributed by atoms with Gasteiger partial charge in [-0.3, -0.25) is 0 Å². The van der Waals surface area contributed by atoms with Gasteiger partial charge in [0.1, 0.15) is 0 Å². The summed E-state index contributed by atoms with van der Waals surface area (Å²) in [4.78, 5) is 10.5. The summed E-state index contributed by atoms with van der Waals surface area (Å²) in [6.45, 7) is 3.89. The molecule has 1 N–H and O–H groups in total. The second kappa shape index (κ2) is 6.13. The number of unbranched alkanes of at least 4 members (excludes halogenated alkanes) is 1. The van der Waals surface area contributed by atoms with Crippen LogP contribution in [0.25, 0.3) is 0 Å². The minimum absolute atomic E-state index is 0.0384. The predicted molar refractivity (Wildman–Crippen MR) is 52.7 cm³/mol. The van der Waals surface area contributed by atoms with Crippen LogP contribution in [0.15, 0.2) is 6.20 Å². The van der Waals surface area contributed by atoms with Crippen molar-refractivity contribution in [2.45, 2.75) is 26.3 Å². The molecule has 0 aliphatic heterocycles. The Morgan fingerprint density at radius 3 is 3.00 bits per heavy atom. The number of carboxylic acid groups (broad SMARTS) is 1. The molecule has 1 aromatic rings. The average Bonchev–Trinajstić information content (AvgIpc) is 2.66. The summed E-state index contributed by atoms with van der Waals surface area (Å²) in [6, 6.07) is 0. The summed E-state index contributed by atoms with van der Waals surface area (Å²) in [5.41, 5.74) is -0.0384. The number of hydrogen-bond acceptors (Lipinski definition) is 4. The Balaban J connectivity index is 2.23. The number of aromatic nitrogens is 3. The highest BCUT2D eigenvalue weighted by atomic mass is 16.5. The predicted octanol–water partition coefficient (Wildman–Crippen LogP) is 0.793. The van der Waals surface area contributed by atoms with Gasteiger partial charge in [-0.25, -0.2) is 9.48 Å². The molecule has 84 valence electrons. The van der Waals surface area contributed by atoms with Gasteiger partial charge in [0.15, 0.2) is 5.69 Å². The molecule has 0 aliphatic rings. The van der Waals surface area contributed by atoms with Gasteiger partial charge >= 0.3 is 5.97 Å². The van der Waals surface area contributed by atoms with E-state index in [-0.39, 0.29) is 5.69 Å². The summed E-state index contributed by atoms with van der Waals surface area (Å²) in [5, 5.41) is 15.7. The molecule has 0 radical (unpaired) electrons. The van der Waals surface area contributed by atoms with Crippen LogP contribution in [0.4, 0.5) is 0 Å². The molecule has 1 aromatic heterocycles. The first kappa shape index (κ1) is 11.6. The molecular weight excluding hydrogens is 198 g/mol. The zero-order chi connectivity index (χ0) is 11.1. The maximum atomic E-state index is 10.5. The number of ether oxygens (including phenoxy) is 1. The lowest BCUT2D eigenvalue weighted by molar-refractivity contribution is 0.0690. The summed E-state index contributed by atoms with van der Waals surface area (Å²) in [6.07, 6.45) is 3.54. The Morgan fingerprint density at radius 1 is 1.60 bits per heavy atom. The molecule has 0 saturated heterocycles. The largest absolute Gasteiger partial charge is 0.476 e. The van der Waals surface area contributed by atoms with Crippen molar-refractivity contribution in [3.8, 4) is 0 Å². The van der Waals surface area contributed by atoms with Crippen LogP contribution in [0, 0.1) is 0 Å². The zero-order valence-electron chi connectivity index (χ0n) is 8.72. The maximum absolute atomic E-state index is 10.5. The molecular formula is C9H15N3O3. The fourth-order valence-corrected chi connectivity index (χ4v) is 1.01. The van der Waals surface area contributed by atoms with E-state index >= 15 is 0 Å². The van der Waals surface area contributed by atoms with Crippen LogP contribution in [-0.4, -0.2) is 39.3 Å². The van der Waals surface area contributed by atoms with Crippen molar-refractivity contribution in [2.75, 3.05) is 13.2 Å². The van der Waals surface area contributed by atoms with Crippen molar-refractivity contribution in [3.63, 3.8) is 0 Å². The van der Waals surface area contributed by atoms with Crippen molar-refractivity contribution < 1.29 is 14.6 Å². The van der Waals surface area contributed by atoms with Gasteiger partial charge in [-0.1, -0.05) is 18.6 Å². The summed E-state index contributed by atoms with van der Waals surface area (Å²) < 4.78 is 6.78. The monoisotopic (exact) mass is 213 g/mol. The summed E-state index contributed by atoms with van der Waals surface area (Å²) in [5.74, 6) is -1.06. The van der Waals surface area contributed by atoms with E-state index < -0.39 is 5.97 Å². The quantitative estimate of drug-likeness (QED) is 0.677. The molecule has 1 rings (SSSR count). The van der Waals surface area contributed by atoms with Gasteiger partial charge in [0.25, 0.3) is 0 Å². The number of rotatable bonds is 7. The summed E-state index contributed by atoms with van der Waals surface area (Å²) in [7, 11) is 0. The van der Waals surface area contributed by atoms with Crippen LogP contribution in [0.2, 0.25) is 0 Å². The lowest BCUT2D eigenvalue weighted by Crippen LogP contribution is -2.07. The second-order valence-corrected chi connectivity index (χ2v) is 3.14. The molecule has 1 heterocycles. The first-order chi connectivity index (χ1) is 7.24. The third-order valence-corrected chi connectivity index (χ3v) is 1.86. The lowest BCUT2D eigenvalue weighted by Gasteiger charge is -2.02. The third-order valence-electron chi connectivity index (χ3n) is 1.86. The molecule has 0 fully saturated rings. The highest BCUT2D eigenvalue weighted by molar-refractivity contribution is 5.84. The van der Waals surface area contributed by atoms with E-state index in [1.165, 1.54) is 10.9 Å². The van der Waals surface area contributed by atoms with Gasteiger partial charge in [0, 0.05) is 6.61 Å². The Morgan fingerprint density at radius 2 is 2.40 bits per heavy atom. The Kier molecular flexibility index (Phi) is 4.76. The molecule has 0 amide bonds. The van der Waals surface area contributed by atoms with Gasteiger partial charge in [-0.15, -0.1) is 5.10 Å². The van der Waals surface area contributed by atoms with E-state index in [0.29, 0.717) is 13.2 Å². The highest BCUT2D eigenvalue weighted by Crippen LogP contribution is 1.93. The molecule has 0 bridgehead atoms. The topological polar surface area (TPSA) is 77.2 Å². The molecule has 0 spiro atoms. The van der Waals surface area contributed by atoms with Crippen molar-refractivity contribution in [1.29, 1.82) is 0 Å². The van der Waals surface area contributed by atoms with Gasteiger partial charge in [-0.2, -0.15) is 0 Å². The van der Waals surface area contributed by atoms with Crippen LogP contribution in [0.5, 0.6) is 0 Å². The first-order valence-electron chi connectivity index (χ1n) is 4.95. The van der Waals surface area contributed by atoms with Crippen molar-refractivity contribution in [2.24, 2.45) is 0 Å². The Bertz CT molecular complexity index is 311. The zero-order valence-corrected chi connectivity index (χ0v) is 8.72. The average molecular weight is 213 g/mol. The number of nitrogens with zero attached hydrogens (tertiary/aromatic N) is 3. The molecule has 0 unspecified atom stereocenters. The van der Waals surface area contributed by atoms with Gasteiger partial charge in [0.05, 0.1) is 19.3 Å². The van der Waals surface area contributed by atoms with Crippen LogP contribution < -0.4 is 0 Å². The summed E-state index contributed by atoms with van der Waals surface area (Å²) >= 11 is 0. The van der Waals surface area contributed by atoms with Crippen molar-refractivity contribution in [1.82, 2.24) is 15.0 Å². The van der Waals surface area contributed by atoms with E-state index in [9.17, 15) is 4.79 Å². The molecule has 0 aromatic carbocycles. The highest BCUT2D eigenvalue weighted by Gasteiger charge is 2.07. The van der Waals surface area contributed by atoms with Crippen molar-refractivity contribution >= 4 is 5.97 Å². The molecule has 6 nitrogen and oxygen atoms in total. The minimum Gasteiger partial charge on any atom is -0.476 e. The van der Waals surface area contributed by atoms with Gasteiger partial charge < -0.3 is 9.84 Å². The molecule has 0 saturated carbocycles. The first-order valence-corrected chi connectivity index (χ1v) is 4.95. The Labute approximate surface area is 87.9 Å². The minimum atomic E-state index is -1.06. The Hall–Kier alpha value is -1.43. The number of hydrogen-bond donors (Lipinski definition) is 1. The van der Waals surface area contributed by atoms with E-state index in [2.05, 4.69) is 17.2 Å². The number of aromatic carboxylic acids is 1. The van der Waals surface area contributed by atoms with Gasteiger partial charge in [0.2, 0.25) is 0 Å². The van der Waals surface area contributed by atoms with E-state index in [0.717, 1.165) is 19.4 Å². The van der Waals surface area contributed by atoms with Crippen molar-refractivity contribution in [3.05, 3.63) is 11.9 Å². The van der Waals surface area contributed by atoms with Crippen LogP contribution in [0.3, 0.4) is 0 Å². The van der Waals surface area contributed by atoms with Gasteiger partial charge in [-0.05, 0) is 6.42 Å². The van der Waals surface area contributed by atoms with Crippen LogP contribution in [-0.2, 0) is 11.3 Å². The van der Waals surface area contributed by atoms with E-state index in [1.54, 1.807) is 0 Å². The van der Waals surface area contributed by atoms with E-state index in [1.807, 2.05) is 0 Å². The van der Waals surface area contributed by atoms with Crippen LogP contribution >= 0.6 is 0 Å². The standard InChI is InChI=1S/C9H15N3O3/c1-2-3-5-15-6-4-12-7-8(9(13)14)10-11-12/h7H,2-6H2,1H3,(H,13,14). The molecule has 15 heavy (non-hydrogen) atoms. The molecule has 6 heteroatoms. The van der Waals surface area contributed by atoms with E-state index in [4.69, 9.17) is 9.84 Å².